The van der Waals surface area contributed by atoms with Crippen molar-refractivity contribution in [3.8, 4) is 5.75 Å². The molecule has 0 aromatic heterocycles. The number of methoxy groups -OCH3 is 1. The van der Waals surface area contributed by atoms with Crippen LogP contribution in [0.4, 0.5) is 0 Å². The van der Waals surface area contributed by atoms with Gasteiger partial charge in [0.15, 0.2) is 12.6 Å². The molecule has 1 aliphatic rings. The molecule has 88 valence electrons. The van der Waals surface area contributed by atoms with Gasteiger partial charge in [-0.25, -0.2) is 0 Å². The van der Waals surface area contributed by atoms with E-state index in [0.717, 1.165) is 18.8 Å². The zero-order valence-corrected chi connectivity index (χ0v) is 9.60. The van der Waals surface area contributed by atoms with Gasteiger partial charge in [0.25, 0.3) is 0 Å². The summed E-state index contributed by atoms with van der Waals surface area (Å²) in [5.74, 6) is 0.878. The molecule has 4 heteroatoms. The Morgan fingerprint density at radius 2 is 1.94 bits per heavy atom. The van der Waals surface area contributed by atoms with Crippen LogP contribution < -0.4 is 10.1 Å². The molecule has 1 aromatic carbocycles. The molecule has 1 aromatic rings. The molecule has 0 atom stereocenters. The first-order chi connectivity index (χ1) is 7.78. The number of hydrogen-bond donors (Lipinski definition) is 1. The van der Waals surface area contributed by atoms with E-state index < -0.39 is 0 Å². The van der Waals surface area contributed by atoms with Crippen LogP contribution in [0.25, 0.3) is 0 Å². The fourth-order valence-corrected chi connectivity index (χ4v) is 1.61. The van der Waals surface area contributed by atoms with Crippen LogP contribution >= 0.6 is 0 Å². The van der Waals surface area contributed by atoms with E-state index in [2.05, 4.69) is 5.32 Å². The number of hydrogen-bond acceptors (Lipinski definition) is 4. The lowest BCUT2D eigenvalue weighted by atomic mass is 10.2. The predicted octanol–water partition coefficient (Wildman–Crippen LogP) is 1.50. The quantitative estimate of drug-likeness (QED) is 0.821. The summed E-state index contributed by atoms with van der Waals surface area (Å²) in [6.07, 6.45) is -0.138. The third-order valence-corrected chi connectivity index (χ3v) is 2.49. The summed E-state index contributed by atoms with van der Waals surface area (Å²) in [6, 6.07) is 7.98. The van der Waals surface area contributed by atoms with E-state index in [9.17, 15) is 0 Å². The van der Waals surface area contributed by atoms with Crippen LogP contribution in [-0.4, -0.2) is 26.2 Å². The average Bonchev–Trinajstić information content (AvgIpc) is 2.27. The zero-order chi connectivity index (χ0) is 11.4. The van der Waals surface area contributed by atoms with E-state index in [0.29, 0.717) is 0 Å². The van der Waals surface area contributed by atoms with Gasteiger partial charge in [-0.15, -0.1) is 0 Å². The fourth-order valence-electron chi connectivity index (χ4n) is 1.61. The van der Waals surface area contributed by atoms with Gasteiger partial charge in [-0.2, -0.15) is 0 Å². The minimum Gasteiger partial charge on any atom is -0.497 e. The van der Waals surface area contributed by atoms with Gasteiger partial charge in [-0.3, -0.25) is 0 Å². The molecule has 1 saturated heterocycles. The van der Waals surface area contributed by atoms with Crippen LogP contribution in [0.5, 0.6) is 5.75 Å². The van der Waals surface area contributed by atoms with E-state index in [-0.39, 0.29) is 12.6 Å². The summed E-state index contributed by atoms with van der Waals surface area (Å²) in [5, 5.41) is 3.27. The van der Waals surface area contributed by atoms with Crippen molar-refractivity contribution in [2.75, 3.05) is 13.7 Å². The molecule has 0 saturated carbocycles. The zero-order valence-electron chi connectivity index (χ0n) is 9.60. The fraction of sp³-hybridized carbons (Fsp3) is 0.500. The van der Waals surface area contributed by atoms with Gasteiger partial charge in [0.2, 0.25) is 0 Å². The van der Waals surface area contributed by atoms with Crippen molar-refractivity contribution in [3.63, 3.8) is 0 Å². The van der Waals surface area contributed by atoms with Crippen LogP contribution in [0.15, 0.2) is 24.3 Å². The molecule has 16 heavy (non-hydrogen) atoms. The summed E-state index contributed by atoms with van der Waals surface area (Å²) in [4.78, 5) is 0. The Morgan fingerprint density at radius 3 is 2.50 bits per heavy atom. The highest BCUT2D eigenvalue weighted by atomic mass is 16.9. The van der Waals surface area contributed by atoms with Crippen LogP contribution in [-0.2, 0) is 16.0 Å². The molecule has 0 unspecified atom stereocenters. The smallest absolute Gasteiger partial charge is 0.176 e. The SMILES string of the molecule is COc1ccc(CNCC2OC(C)O2)cc1. The highest BCUT2D eigenvalue weighted by molar-refractivity contribution is 5.26. The molecule has 0 aliphatic carbocycles. The van der Waals surface area contributed by atoms with Crippen LogP contribution in [0.1, 0.15) is 12.5 Å². The minimum atomic E-state index is -0.0896. The standard InChI is InChI=1S/C12H17NO3/c1-9-15-12(16-9)8-13-7-10-3-5-11(14-2)6-4-10/h3-6,9,12-13H,7-8H2,1-2H3. The van der Waals surface area contributed by atoms with E-state index in [4.69, 9.17) is 14.2 Å². The molecule has 1 N–H and O–H groups in total. The Morgan fingerprint density at radius 1 is 1.25 bits per heavy atom. The maximum Gasteiger partial charge on any atom is 0.176 e. The summed E-state index contributed by atoms with van der Waals surface area (Å²) < 4.78 is 15.7. The van der Waals surface area contributed by atoms with Gasteiger partial charge in [0.1, 0.15) is 5.75 Å². The first-order valence-electron chi connectivity index (χ1n) is 5.42. The van der Waals surface area contributed by atoms with Gasteiger partial charge >= 0.3 is 0 Å². The van der Waals surface area contributed by atoms with Crippen molar-refractivity contribution in [3.05, 3.63) is 29.8 Å². The van der Waals surface area contributed by atoms with Crippen molar-refractivity contribution >= 4 is 0 Å². The number of rotatable bonds is 5. The predicted molar refractivity (Wildman–Crippen MR) is 60.1 cm³/mol. The number of nitrogens with one attached hydrogen (secondary N) is 1. The van der Waals surface area contributed by atoms with Crippen molar-refractivity contribution in [2.24, 2.45) is 0 Å². The second-order valence-electron chi connectivity index (χ2n) is 3.75. The van der Waals surface area contributed by atoms with Crippen molar-refractivity contribution in [1.29, 1.82) is 0 Å². The molecule has 2 rings (SSSR count). The Labute approximate surface area is 95.5 Å². The summed E-state index contributed by atoms with van der Waals surface area (Å²) >= 11 is 0. The second kappa shape index (κ2) is 5.30. The van der Waals surface area contributed by atoms with E-state index in [1.165, 1.54) is 5.56 Å². The third kappa shape index (κ3) is 2.95. The van der Waals surface area contributed by atoms with E-state index >= 15 is 0 Å². The van der Waals surface area contributed by atoms with Crippen LogP contribution in [0.2, 0.25) is 0 Å². The lowest BCUT2D eigenvalue weighted by molar-refractivity contribution is -0.372. The highest BCUT2D eigenvalue weighted by Crippen LogP contribution is 2.15. The normalized spacial score (nSPS) is 23.9. The third-order valence-electron chi connectivity index (χ3n) is 2.49. The first kappa shape index (κ1) is 11.4. The molecular formula is C12H17NO3. The Bertz CT molecular complexity index is 320. The Balaban J connectivity index is 1.68. The lowest BCUT2D eigenvalue weighted by Gasteiger charge is -2.33. The largest absolute Gasteiger partial charge is 0.497 e. The first-order valence-corrected chi connectivity index (χ1v) is 5.42. The highest BCUT2D eigenvalue weighted by Gasteiger charge is 2.25. The monoisotopic (exact) mass is 223 g/mol. The maximum absolute atomic E-state index is 5.31. The maximum atomic E-state index is 5.31. The van der Waals surface area contributed by atoms with E-state index in [1.54, 1.807) is 7.11 Å². The molecule has 1 fully saturated rings. The molecule has 0 amide bonds. The summed E-state index contributed by atoms with van der Waals surface area (Å²) in [7, 11) is 1.67. The minimum absolute atomic E-state index is 0.0483. The van der Waals surface area contributed by atoms with Gasteiger partial charge in [0, 0.05) is 13.1 Å². The van der Waals surface area contributed by atoms with Gasteiger partial charge in [-0.1, -0.05) is 12.1 Å². The van der Waals surface area contributed by atoms with Gasteiger partial charge in [0.05, 0.1) is 7.11 Å². The summed E-state index contributed by atoms with van der Waals surface area (Å²) in [5.41, 5.74) is 1.22. The second-order valence-corrected chi connectivity index (χ2v) is 3.75. The molecular weight excluding hydrogens is 206 g/mol. The molecule has 1 heterocycles. The van der Waals surface area contributed by atoms with Gasteiger partial charge in [-0.05, 0) is 24.6 Å². The van der Waals surface area contributed by atoms with Crippen molar-refractivity contribution in [2.45, 2.75) is 26.0 Å². The molecule has 0 spiro atoms. The molecule has 4 nitrogen and oxygen atoms in total. The topological polar surface area (TPSA) is 39.7 Å². The van der Waals surface area contributed by atoms with Crippen LogP contribution in [0, 0.1) is 0 Å². The van der Waals surface area contributed by atoms with Gasteiger partial charge < -0.3 is 19.5 Å². The average molecular weight is 223 g/mol. The molecule has 0 bridgehead atoms. The van der Waals surface area contributed by atoms with Crippen LogP contribution in [0.3, 0.4) is 0 Å². The summed E-state index contributed by atoms with van der Waals surface area (Å²) in [6.45, 7) is 3.41. The van der Waals surface area contributed by atoms with E-state index in [1.807, 2.05) is 31.2 Å². The van der Waals surface area contributed by atoms with Crippen molar-refractivity contribution in [1.82, 2.24) is 5.32 Å². The van der Waals surface area contributed by atoms with Crippen molar-refractivity contribution < 1.29 is 14.2 Å². The molecule has 1 aliphatic heterocycles. The number of ether oxygens (including phenoxy) is 3. The Kier molecular flexibility index (Phi) is 3.77. The molecule has 0 radical (unpaired) electrons. The Hall–Kier alpha value is -1.10. The lowest BCUT2D eigenvalue weighted by Crippen LogP contribution is -2.45. The number of benzene rings is 1.